The van der Waals surface area contributed by atoms with Crippen molar-refractivity contribution >= 4 is 28.8 Å². The summed E-state index contributed by atoms with van der Waals surface area (Å²) in [6, 6.07) is 10.6. The zero-order chi connectivity index (χ0) is 23.3. The van der Waals surface area contributed by atoms with E-state index in [0.717, 1.165) is 74.5 Å². The Bertz CT molecular complexity index is 965. The summed E-state index contributed by atoms with van der Waals surface area (Å²) >= 11 is 0. The molecule has 1 aromatic carbocycles. The number of carbonyl (C=O) groups excluding carboxylic acids is 1. The van der Waals surface area contributed by atoms with Gasteiger partial charge in [-0.1, -0.05) is 0 Å². The fourth-order valence-corrected chi connectivity index (χ4v) is 5.40. The van der Waals surface area contributed by atoms with Crippen LogP contribution >= 0.6 is 0 Å². The summed E-state index contributed by atoms with van der Waals surface area (Å²) in [6.07, 6.45) is 8.45. The Morgan fingerprint density at radius 3 is 2.59 bits per heavy atom. The summed E-state index contributed by atoms with van der Waals surface area (Å²) in [7, 11) is 1.84. The monoisotopic (exact) mass is 463 g/mol. The van der Waals surface area contributed by atoms with Crippen LogP contribution in [0.3, 0.4) is 0 Å². The van der Waals surface area contributed by atoms with E-state index in [2.05, 4.69) is 44.4 Å². The number of ether oxygens (including phenoxy) is 1. The van der Waals surface area contributed by atoms with E-state index >= 15 is 0 Å². The second-order valence-electron chi connectivity index (χ2n) is 9.85. The Balaban J connectivity index is 1.09. The average Bonchev–Trinajstić information content (AvgIpc) is 2.88. The Hall–Kier alpha value is -2.64. The number of hydrogen-bond acceptors (Lipinski definition) is 6. The summed E-state index contributed by atoms with van der Waals surface area (Å²) in [5, 5.41) is 3.40. The van der Waals surface area contributed by atoms with Crippen molar-refractivity contribution in [1.29, 1.82) is 0 Å². The molecule has 1 N–H and O–H groups in total. The molecule has 182 valence electrons. The number of aromatic nitrogens is 1. The lowest BCUT2D eigenvalue weighted by Gasteiger charge is -2.34. The van der Waals surface area contributed by atoms with E-state index in [-0.39, 0.29) is 5.91 Å². The average molecular weight is 464 g/mol. The number of carbonyl (C=O) groups is 1. The van der Waals surface area contributed by atoms with Crippen molar-refractivity contribution in [3.63, 3.8) is 0 Å². The number of anilines is 4. The molecule has 0 unspecified atom stereocenters. The highest BCUT2D eigenvalue weighted by Gasteiger charge is 2.22. The number of hydrogen-bond donors (Lipinski definition) is 1. The number of piperidine rings is 1. The van der Waals surface area contributed by atoms with Gasteiger partial charge in [-0.25, -0.2) is 4.98 Å². The molecular formula is C27H37N5O2. The molecule has 4 heterocycles. The molecule has 0 aliphatic carbocycles. The number of benzene rings is 1. The molecule has 3 aliphatic rings. The molecule has 2 fully saturated rings. The minimum Gasteiger partial charge on any atom is -0.379 e. The van der Waals surface area contributed by atoms with Crippen LogP contribution in [0.4, 0.5) is 22.9 Å². The van der Waals surface area contributed by atoms with Crippen molar-refractivity contribution < 1.29 is 9.53 Å². The van der Waals surface area contributed by atoms with Gasteiger partial charge in [-0.05, 0) is 74.4 Å². The van der Waals surface area contributed by atoms with Crippen LogP contribution in [0.5, 0.6) is 0 Å². The van der Waals surface area contributed by atoms with Gasteiger partial charge in [-0.3, -0.25) is 9.69 Å². The van der Waals surface area contributed by atoms with Crippen molar-refractivity contribution in [2.24, 2.45) is 5.92 Å². The molecule has 5 rings (SSSR count). The van der Waals surface area contributed by atoms with Crippen LogP contribution in [0, 0.1) is 5.92 Å². The van der Waals surface area contributed by atoms with Gasteiger partial charge in [0.1, 0.15) is 5.82 Å². The van der Waals surface area contributed by atoms with Gasteiger partial charge >= 0.3 is 0 Å². The standard InChI is InChI=1S/C27H37N5O2/c1-30-25-19-26(28-20-22(25)4-9-27(30)33)29-23-5-7-24(8-6-23)32-13-10-21(11-14-32)3-2-12-31-15-17-34-18-16-31/h5-8,19-21H,2-4,9-18H2,1H3,(H,28,29). The minimum atomic E-state index is 0.162. The summed E-state index contributed by atoms with van der Waals surface area (Å²) in [5.41, 5.74) is 4.39. The molecule has 0 atom stereocenters. The lowest BCUT2D eigenvalue weighted by molar-refractivity contribution is -0.118. The highest BCUT2D eigenvalue weighted by Crippen LogP contribution is 2.30. The van der Waals surface area contributed by atoms with E-state index in [1.165, 1.54) is 37.9 Å². The zero-order valence-corrected chi connectivity index (χ0v) is 20.3. The first-order chi connectivity index (χ1) is 16.7. The Morgan fingerprint density at radius 2 is 1.82 bits per heavy atom. The predicted octanol–water partition coefficient (Wildman–Crippen LogP) is 4.06. The molecule has 1 amide bonds. The van der Waals surface area contributed by atoms with E-state index < -0.39 is 0 Å². The molecule has 34 heavy (non-hydrogen) atoms. The van der Waals surface area contributed by atoms with E-state index in [1.54, 1.807) is 4.90 Å². The van der Waals surface area contributed by atoms with Crippen molar-refractivity contribution in [3.8, 4) is 0 Å². The lowest BCUT2D eigenvalue weighted by atomic mass is 9.92. The number of rotatable bonds is 7. The molecule has 0 saturated carbocycles. The van der Waals surface area contributed by atoms with Crippen LogP contribution in [0.2, 0.25) is 0 Å². The third-order valence-corrected chi connectivity index (χ3v) is 7.62. The van der Waals surface area contributed by atoms with Gasteiger partial charge in [0.15, 0.2) is 0 Å². The quantitative estimate of drug-likeness (QED) is 0.668. The third kappa shape index (κ3) is 5.53. The molecule has 0 radical (unpaired) electrons. The maximum absolute atomic E-state index is 12.0. The normalized spacial score (nSPS) is 19.9. The van der Waals surface area contributed by atoms with Gasteiger partial charge in [0.05, 0.1) is 18.9 Å². The summed E-state index contributed by atoms with van der Waals surface area (Å²) < 4.78 is 5.45. The number of nitrogens with zero attached hydrogens (tertiary/aromatic N) is 4. The lowest BCUT2D eigenvalue weighted by Crippen LogP contribution is -2.37. The van der Waals surface area contributed by atoms with E-state index in [4.69, 9.17) is 4.74 Å². The van der Waals surface area contributed by atoms with Crippen LogP contribution in [-0.4, -0.2) is 68.8 Å². The van der Waals surface area contributed by atoms with Crippen molar-refractivity contribution in [2.75, 3.05) is 68.1 Å². The van der Waals surface area contributed by atoms with E-state index in [9.17, 15) is 4.79 Å². The van der Waals surface area contributed by atoms with Gasteiger partial charge < -0.3 is 19.9 Å². The molecule has 0 bridgehead atoms. The molecular weight excluding hydrogens is 426 g/mol. The first-order valence-corrected chi connectivity index (χ1v) is 12.8. The van der Waals surface area contributed by atoms with Gasteiger partial charge in [0, 0.05) is 63.3 Å². The number of pyridine rings is 1. The van der Waals surface area contributed by atoms with Crippen LogP contribution < -0.4 is 15.1 Å². The first kappa shape index (κ1) is 23.1. The van der Waals surface area contributed by atoms with Crippen molar-refractivity contribution in [1.82, 2.24) is 9.88 Å². The molecule has 1 aromatic heterocycles. The molecule has 3 aliphatic heterocycles. The SMILES string of the molecule is CN1C(=O)CCc2cnc(Nc3ccc(N4CCC(CCCN5CCOCC5)CC4)cc3)cc21. The third-order valence-electron chi connectivity index (χ3n) is 7.62. The van der Waals surface area contributed by atoms with Gasteiger partial charge in [-0.2, -0.15) is 0 Å². The number of morpholine rings is 1. The smallest absolute Gasteiger partial charge is 0.227 e. The molecule has 7 nitrogen and oxygen atoms in total. The van der Waals surface area contributed by atoms with Gasteiger partial charge in [-0.15, -0.1) is 0 Å². The van der Waals surface area contributed by atoms with Crippen molar-refractivity contribution in [3.05, 3.63) is 42.1 Å². The molecule has 2 aromatic rings. The fraction of sp³-hybridized carbons (Fsp3) is 0.556. The van der Waals surface area contributed by atoms with Crippen LogP contribution in [-0.2, 0) is 16.0 Å². The number of aryl methyl sites for hydroxylation is 1. The largest absolute Gasteiger partial charge is 0.379 e. The van der Waals surface area contributed by atoms with E-state index in [0.29, 0.717) is 6.42 Å². The topological polar surface area (TPSA) is 60.9 Å². The predicted molar refractivity (Wildman–Crippen MR) is 137 cm³/mol. The van der Waals surface area contributed by atoms with Crippen LogP contribution in [0.25, 0.3) is 0 Å². The summed E-state index contributed by atoms with van der Waals surface area (Å²) in [6.45, 7) is 7.50. The fourth-order valence-electron chi connectivity index (χ4n) is 5.40. The number of fused-ring (bicyclic) bond motifs is 1. The summed E-state index contributed by atoms with van der Waals surface area (Å²) in [5.74, 6) is 1.79. The maximum atomic E-state index is 12.0. The van der Waals surface area contributed by atoms with E-state index in [1.807, 2.05) is 19.3 Å². The van der Waals surface area contributed by atoms with Gasteiger partial charge in [0.25, 0.3) is 0 Å². The van der Waals surface area contributed by atoms with Crippen molar-refractivity contribution in [2.45, 2.75) is 38.5 Å². The summed E-state index contributed by atoms with van der Waals surface area (Å²) in [4.78, 5) is 23.4. The zero-order valence-electron chi connectivity index (χ0n) is 20.3. The minimum absolute atomic E-state index is 0.162. The Morgan fingerprint density at radius 1 is 1.06 bits per heavy atom. The highest BCUT2D eigenvalue weighted by molar-refractivity contribution is 5.96. The number of nitrogens with one attached hydrogen (secondary N) is 1. The molecule has 2 saturated heterocycles. The molecule has 0 spiro atoms. The van der Waals surface area contributed by atoms with Crippen LogP contribution in [0.1, 0.15) is 37.7 Å². The first-order valence-electron chi connectivity index (χ1n) is 12.8. The highest BCUT2D eigenvalue weighted by atomic mass is 16.5. The number of amides is 1. The Labute approximate surface area is 203 Å². The maximum Gasteiger partial charge on any atom is 0.227 e. The Kier molecular flexibility index (Phi) is 7.30. The van der Waals surface area contributed by atoms with Gasteiger partial charge in [0.2, 0.25) is 5.91 Å². The van der Waals surface area contributed by atoms with Crippen LogP contribution in [0.15, 0.2) is 36.5 Å². The second-order valence-corrected chi connectivity index (χ2v) is 9.85. The second kappa shape index (κ2) is 10.7. The molecule has 7 heteroatoms.